The van der Waals surface area contributed by atoms with Gasteiger partial charge < -0.3 is 16.8 Å². The summed E-state index contributed by atoms with van der Waals surface area (Å²) in [5.41, 5.74) is 10.5. The molecule has 16 heavy (non-hydrogen) atoms. The van der Waals surface area contributed by atoms with Crippen molar-refractivity contribution in [3.63, 3.8) is 0 Å². The lowest BCUT2D eigenvalue weighted by Gasteiger charge is -2.07. The van der Waals surface area contributed by atoms with Gasteiger partial charge in [-0.3, -0.25) is 4.79 Å². The molecular formula is C9H10Cl2N4O. The largest absolute Gasteiger partial charge is 0.370 e. The summed E-state index contributed by atoms with van der Waals surface area (Å²) in [4.78, 5) is 14.9. The Morgan fingerprint density at radius 3 is 2.38 bits per heavy atom. The molecule has 0 saturated carbocycles. The summed E-state index contributed by atoms with van der Waals surface area (Å²) in [7, 11) is 0. The third-order valence-electron chi connectivity index (χ3n) is 1.63. The van der Waals surface area contributed by atoms with Gasteiger partial charge in [-0.05, 0) is 12.1 Å². The van der Waals surface area contributed by atoms with Crippen LogP contribution in [-0.2, 0) is 4.79 Å². The Morgan fingerprint density at radius 1 is 1.31 bits per heavy atom. The predicted molar refractivity (Wildman–Crippen MR) is 65.8 cm³/mol. The minimum atomic E-state index is -0.400. The minimum Gasteiger partial charge on any atom is -0.370 e. The number of carbonyl (C=O) groups is 1. The second kappa shape index (κ2) is 5.58. The average molecular weight is 261 g/mol. The van der Waals surface area contributed by atoms with E-state index in [0.717, 1.165) is 0 Å². The van der Waals surface area contributed by atoms with E-state index in [1.807, 2.05) is 0 Å². The number of guanidine groups is 1. The van der Waals surface area contributed by atoms with E-state index < -0.39 is 5.91 Å². The number of nitrogens with two attached hydrogens (primary N) is 2. The highest BCUT2D eigenvalue weighted by molar-refractivity contribution is 6.39. The molecule has 0 saturated heterocycles. The van der Waals surface area contributed by atoms with Crippen LogP contribution in [0, 0.1) is 0 Å². The number of amides is 1. The van der Waals surface area contributed by atoms with Crippen molar-refractivity contribution in [1.29, 1.82) is 0 Å². The van der Waals surface area contributed by atoms with E-state index in [9.17, 15) is 4.79 Å². The lowest BCUT2D eigenvalue weighted by Crippen LogP contribution is -2.25. The third kappa shape index (κ3) is 3.60. The van der Waals surface area contributed by atoms with Crippen molar-refractivity contribution in [2.75, 3.05) is 11.9 Å². The monoisotopic (exact) mass is 260 g/mol. The zero-order valence-electron chi connectivity index (χ0n) is 8.21. The van der Waals surface area contributed by atoms with Gasteiger partial charge in [0.25, 0.3) is 0 Å². The van der Waals surface area contributed by atoms with Crippen molar-refractivity contribution in [3.8, 4) is 0 Å². The van der Waals surface area contributed by atoms with Gasteiger partial charge in [0.15, 0.2) is 5.96 Å². The Hall–Kier alpha value is -1.46. The molecular weight excluding hydrogens is 251 g/mol. The van der Waals surface area contributed by atoms with Gasteiger partial charge in [0.2, 0.25) is 5.91 Å². The van der Waals surface area contributed by atoms with Crippen LogP contribution in [0.1, 0.15) is 0 Å². The highest BCUT2D eigenvalue weighted by atomic mass is 35.5. The highest BCUT2D eigenvalue weighted by Gasteiger charge is 2.08. The molecule has 0 radical (unpaired) electrons. The van der Waals surface area contributed by atoms with Crippen LogP contribution in [-0.4, -0.2) is 18.4 Å². The first-order valence-electron chi connectivity index (χ1n) is 4.30. The molecule has 0 bridgehead atoms. The molecule has 0 spiro atoms. The van der Waals surface area contributed by atoms with Crippen LogP contribution in [0.5, 0.6) is 0 Å². The van der Waals surface area contributed by atoms with Crippen molar-refractivity contribution < 1.29 is 4.79 Å². The van der Waals surface area contributed by atoms with Crippen molar-refractivity contribution in [3.05, 3.63) is 28.2 Å². The molecule has 0 unspecified atom stereocenters. The number of para-hydroxylation sites is 1. The van der Waals surface area contributed by atoms with E-state index in [4.69, 9.17) is 34.7 Å². The van der Waals surface area contributed by atoms with Crippen molar-refractivity contribution >= 4 is 40.8 Å². The highest BCUT2D eigenvalue weighted by Crippen LogP contribution is 2.29. The van der Waals surface area contributed by atoms with Crippen molar-refractivity contribution in [1.82, 2.24) is 0 Å². The van der Waals surface area contributed by atoms with Crippen LogP contribution in [0.4, 0.5) is 5.69 Å². The maximum Gasteiger partial charge on any atom is 0.246 e. The Kier molecular flexibility index (Phi) is 4.39. The zero-order chi connectivity index (χ0) is 12.1. The first-order valence-corrected chi connectivity index (χ1v) is 5.05. The molecule has 0 aliphatic carbocycles. The predicted octanol–water partition coefficient (Wildman–Crippen LogP) is 1.21. The lowest BCUT2D eigenvalue weighted by atomic mass is 10.3. The number of rotatable bonds is 3. The van der Waals surface area contributed by atoms with Crippen molar-refractivity contribution in [2.24, 2.45) is 16.5 Å². The smallest absolute Gasteiger partial charge is 0.246 e. The second-order valence-electron chi connectivity index (χ2n) is 2.89. The maximum atomic E-state index is 11.4. The molecule has 5 nitrogen and oxygen atoms in total. The molecule has 7 heteroatoms. The number of halogens is 2. The normalized spacial score (nSPS) is 9.62. The van der Waals surface area contributed by atoms with E-state index in [1.54, 1.807) is 18.2 Å². The summed E-state index contributed by atoms with van der Waals surface area (Å²) in [6.45, 7) is -0.177. The Balaban J connectivity index is 2.74. The third-order valence-corrected chi connectivity index (χ3v) is 2.26. The van der Waals surface area contributed by atoms with Gasteiger partial charge in [-0.15, -0.1) is 0 Å². The maximum absolute atomic E-state index is 11.4. The molecule has 0 fully saturated rings. The SMILES string of the molecule is NC(N)=NCC(=O)Nc1c(Cl)cccc1Cl. The van der Waals surface area contributed by atoms with Gasteiger partial charge in [0.1, 0.15) is 6.54 Å². The molecule has 0 aliphatic rings. The standard InChI is InChI=1S/C9H10Cl2N4O/c10-5-2-1-3-6(11)8(5)15-7(16)4-14-9(12)13/h1-3H,4H2,(H,15,16)(H4,12,13,14). The number of hydrogen-bond donors (Lipinski definition) is 3. The molecule has 5 N–H and O–H groups in total. The fourth-order valence-corrected chi connectivity index (χ4v) is 1.45. The Labute approximate surface area is 102 Å². The summed E-state index contributed by atoms with van der Waals surface area (Å²) >= 11 is 11.7. The molecule has 0 aromatic heterocycles. The van der Waals surface area contributed by atoms with Gasteiger partial charge in [-0.2, -0.15) is 0 Å². The quantitative estimate of drug-likeness (QED) is 0.563. The lowest BCUT2D eigenvalue weighted by molar-refractivity contribution is -0.114. The van der Waals surface area contributed by atoms with Gasteiger partial charge >= 0.3 is 0 Å². The average Bonchev–Trinajstić information content (AvgIpc) is 2.21. The summed E-state index contributed by atoms with van der Waals surface area (Å²) in [5.74, 6) is -0.552. The molecule has 1 aromatic rings. The van der Waals surface area contributed by atoms with E-state index in [2.05, 4.69) is 10.3 Å². The number of benzene rings is 1. The van der Waals surface area contributed by atoms with Crippen LogP contribution in [0.3, 0.4) is 0 Å². The summed E-state index contributed by atoms with van der Waals surface area (Å²) in [6.07, 6.45) is 0. The van der Waals surface area contributed by atoms with Crippen molar-refractivity contribution in [2.45, 2.75) is 0 Å². The first-order chi connectivity index (χ1) is 7.50. The van der Waals surface area contributed by atoms with Gasteiger partial charge in [-0.1, -0.05) is 29.3 Å². The minimum absolute atomic E-state index is 0.152. The number of anilines is 1. The van der Waals surface area contributed by atoms with Crippen LogP contribution in [0.25, 0.3) is 0 Å². The van der Waals surface area contributed by atoms with E-state index >= 15 is 0 Å². The van der Waals surface area contributed by atoms with Crippen LogP contribution in [0.2, 0.25) is 10.0 Å². The molecule has 86 valence electrons. The molecule has 1 amide bonds. The summed E-state index contributed by atoms with van der Waals surface area (Å²) in [6, 6.07) is 4.91. The summed E-state index contributed by atoms with van der Waals surface area (Å²) < 4.78 is 0. The number of aliphatic imine (C=N–C) groups is 1. The second-order valence-corrected chi connectivity index (χ2v) is 3.70. The van der Waals surface area contributed by atoms with Gasteiger partial charge in [0.05, 0.1) is 15.7 Å². The number of hydrogen-bond acceptors (Lipinski definition) is 2. The topological polar surface area (TPSA) is 93.5 Å². The summed E-state index contributed by atoms with van der Waals surface area (Å²) in [5, 5.41) is 3.22. The van der Waals surface area contributed by atoms with Gasteiger partial charge in [0, 0.05) is 0 Å². The van der Waals surface area contributed by atoms with Crippen LogP contribution < -0.4 is 16.8 Å². The first kappa shape index (κ1) is 12.6. The fraction of sp³-hybridized carbons (Fsp3) is 0.111. The van der Waals surface area contributed by atoms with E-state index in [0.29, 0.717) is 15.7 Å². The van der Waals surface area contributed by atoms with E-state index in [1.165, 1.54) is 0 Å². The molecule has 1 rings (SSSR count). The number of nitrogens with zero attached hydrogens (tertiary/aromatic N) is 1. The number of carbonyl (C=O) groups excluding carboxylic acids is 1. The van der Waals surface area contributed by atoms with E-state index in [-0.39, 0.29) is 12.5 Å². The molecule has 0 atom stereocenters. The van der Waals surface area contributed by atoms with Crippen LogP contribution in [0.15, 0.2) is 23.2 Å². The molecule has 0 heterocycles. The van der Waals surface area contributed by atoms with Crippen LogP contribution >= 0.6 is 23.2 Å². The molecule has 1 aromatic carbocycles. The number of nitrogens with one attached hydrogen (secondary N) is 1. The van der Waals surface area contributed by atoms with Gasteiger partial charge in [-0.25, -0.2) is 4.99 Å². The Bertz CT molecular complexity index is 409. The fourth-order valence-electron chi connectivity index (χ4n) is 0.959. The Morgan fingerprint density at radius 2 is 1.88 bits per heavy atom. The molecule has 0 aliphatic heterocycles. The zero-order valence-corrected chi connectivity index (χ0v) is 9.72.